The molecule has 4 nitrogen and oxygen atoms in total. The molecule has 1 atom stereocenters. The zero-order valence-electron chi connectivity index (χ0n) is 15.6. The number of rotatable bonds is 8. The van der Waals surface area contributed by atoms with Crippen LogP contribution < -0.4 is 10.1 Å². The molecule has 152 valence electrons. The Hall–Kier alpha value is -0.960. The first-order valence-electron chi connectivity index (χ1n) is 9.17. The Balaban J connectivity index is 1.41. The van der Waals surface area contributed by atoms with Crippen LogP contribution in [0, 0.1) is 0 Å². The quantitative estimate of drug-likeness (QED) is 0.515. The third-order valence-electron chi connectivity index (χ3n) is 4.65. The van der Waals surface area contributed by atoms with Gasteiger partial charge in [0.1, 0.15) is 18.0 Å². The number of halogens is 3. The van der Waals surface area contributed by atoms with Gasteiger partial charge in [0, 0.05) is 36.0 Å². The summed E-state index contributed by atoms with van der Waals surface area (Å²) in [4.78, 5) is 14.8. The summed E-state index contributed by atoms with van der Waals surface area (Å²) >= 11 is 8.32. The van der Waals surface area contributed by atoms with E-state index in [0.717, 1.165) is 39.8 Å². The van der Waals surface area contributed by atoms with Crippen LogP contribution >= 0.6 is 43.2 Å². The zero-order chi connectivity index (χ0) is 20.1. The predicted molar refractivity (Wildman–Crippen MR) is 118 cm³/mol. The van der Waals surface area contributed by atoms with Crippen molar-refractivity contribution < 1.29 is 13.9 Å². The van der Waals surface area contributed by atoms with Crippen molar-refractivity contribution in [2.75, 3.05) is 32.8 Å². The summed E-state index contributed by atoms with van der Waals surface area (Å²) in [6, 6.07) is 7.76. The summed E-state index contributed by atoms with van der Waals surface area (Å²) in [6.07, 6.45) is 1.33. The van der Waals surface area contributed by atoms with Crippen LogP contribution in [0.1, 0.15) is 28.6 Å². The Morgan fingerprint density at radius 3 is 2.86 bits per heavy atom. The number of hydrogen-bond donors (Lipinski definition) is 1. The van der Waals surface area contributed by atoms with Crippen LogP contribution in [0.2, 0.25) is 0 Å². The summed E-state index contributed by atoms with van der Waals surface area (Å²) in [5.41, 5.74) is 0.0390. The first-order valence-corrected chi connectivity index (χ1v) is 11.6. The molecule has 1 N–H and O–H groups in total. The van der Waals surface area contributed by atoms with Gasteiger partial charge in [0.2, 0.25) is 0 Å². The lowest BCUT2D eigenvalue weighted by Gasteiger charge is -2.17. The van der Waals surface area contributed by atoms with E-state index in [2.05, 4.69) is 42.1 Å². The van der Waals surface area contributed by atoms with Crippen molar-refractivity contribution in [3.63, 3.8) is 0 Å². The molecule has 0 aliphatic carbocycles. The molecule has 1 aromatic heterocycles. The number of benzene rings is 1. The molecule has 0 radical (unpaired) electrons. The Morgan fingerprint density at radius 2 is 2.21 bits per heavy atom. The van der Waals surface area contributed by atoms with E-state index >= 15 is 0 Å². The molecule has 0 saturated carbocycles. The minimum Gasteiger partial charge on any atom is -0.491 e. The SMILES string of the molecule is CC1(F)CCN(CCOc2ccc(CCNC(=O)c3cc(Br)cs3)cc2Br)C1. The molecular weight excluding hydrogens is 511 g/mol. The Kier molecular flexibility index (Phi) is 7.53. The second-order valence-corrected chi connectivity index (χ2v) is 9.87. The lowest BCUT2D eigenvalue weighted by Crippen LogP contribution is -2.29. The lowest BCUT2D eigenvalue weighted by molar-refractivity contribution is 0.0958. The largest absolute Gasteiger partial charge is 0.491 e. The van der Waals surface area contributed by atoms with E-state index in [1.54, 1.807) is 6.92 Å². The standard InChI is InChI=1S/C20H23Br2FN2O2S/c1-20(23)5-7-25(13-20)8-9-27-17-3-2-14(10-16(17)22)4-6-24-19(26)18-11-15(21)12-28-18/h2-3,10-12H,4-9,13H2,1H3,(H,24,26). The molecule has 1 aliphatic heterocycles. The molecule has 1 unspecified atom stereocenters. The normalized spacial score (nSPS) is 19.7. The number of amides is 1. The second-order valence-electron chi connectivity index (χ2n) is 7.19. The third-order valence-corrected chi connectivity index (χ3v) is 6.96. The molecule has 1 fully saturated rings. The number of hydrogen-bond acceptors (Lipinski definition) is 4. The Bertz CT molecular complexity index is 828. The van der Waals surface area contributed by atoms with Gasteiger partial charge in [-0.15, -0.1) is 11.3 Å². The van der Waals surface area contributed by atoms with E-state index in [0.29, 0.717) is 31.0 Å². The van der Waals surface area contributed by atoms with Gasteiger partial charge < -0.3 is 10.1 Å². The second kappa shape index (κ2) is 9.69. The van der Waals surface area contributed by atoms with E-state index in [4.69, 9.17) is 4.74 Å². The van der Waals surface area contributed by atoms with E-state index < -0.39 is 5.67 Å². The van der Waals surface area contributed by atoms with Crippen molar-refractivity contribution in [1.82, 2.24) is 10.2 Å². The molecule has 1 amide bonds. The predicted octanol–water partition coefficient (Wildman–Crippen LogP) is 5.06. The van der Waals surface area contributed by atoms with Gasteiger partial charge >= 0.3 is 0 Å². The van der Waals surface area contributed by atoms with Gasteiger partial charge in [0.15, 0.2) is 0 Å². The number of ether oxygens (including phenoxy) is 1. The lowest BCUT2D eigenvalue weighted by atomic mass is 10.1. The van der Waals surface area contributed by atoms with Crippen LogP contribution in [0.3, 0.4) is 0 Å². The highest BCUT2D eigenvalue weighted by molar-refractivity contribution is 9.10. The molecule has 0 bridgehead atoms. The zero-order valence-corrected chi connectivity index (χ0v) is 19.6. The van der Waals surface area contributed by atoms with Crippen molar-refractivity contribution in [3.8, 4) is 5.75 Å². The number of alkyl halides is 1. The molecule has 8 heteroatoms. The monoisotopic (exact) mass is 532 g/mol. The number of nitrogens with zero attached hydrogens (tertiary/aromatic N) is 1. The van der Waals surface area contributed by atoms with Crippen molar-refractivity contribution in [2.45, 2.75) is 25.4 Å². The van der Waals surface area contributed by atoms with E-state index in [1.807, 2.05) is 29.6 Å². The number of nitrogens with one attached hydrogen (secondary N) is 1. The maximum absolute atomic E-state index is 13.9. The maximum Gasteiger partial charge on any atom is 0.261 e. The summed E-state index contributed by atoms with van der Waals surface area (Å²) < 4.78 is 21.5. The van der Waals surface area contributed by atoms with Gasteiger partial charge in [-0.3, -0.25) is 9.69 Å². The van der Waals surface area contributed by atoms with Crippen LogP contribution in [0.25, 0.3) is 0 Å². The highest BCUT2D eigenvalue weighted by Crippen LogP contribution is 2.27. The number of carbonyl (C=O) groups is 1. The average Bonchev–Trinajstić information content (AvgIpc) is 3.22. The van der Waals surface area contributed by atoms with Gasteiger partial charge in [0.25, 0.3) is 5.91 Å². The molecule has 1 aliphatic rings. The fourth-order valence-electron chi connectivity index (χ4n) is 3.15. The Morgan fingerprint density at radius 1 is 1.39 bits per heavy atom. The number of carbonyl (C=O) groups excluding carboxylic acids is 1. The fraction of sp³-hybridized carbons (Fsp3) is 0.450. The minimum absolute atomic E-state index is 0.0546. The minimum atomic E-state index is -1.07. The van der Waals surface area contributed by atoms with E-state index in [1.165, 1.54) is 11.3 Å². The topological polar surface area (TPSA) is 41.6 Å². The van der Waals surface area contributed by atoms with Crippen LogP contribution in [0.4, 0.5) is 4.39 Å². The molecule has 2 heterocycles. The molecule has 1 aromatic carbocycles. The van der Waals surface area contributed by atoms with E-state index in [9.17, 15) is 9.18 Å². The van der Waals surface area contributed by atoms with Crippen molar-refractivity contribution >= 4 is 49.1 Å². The van der Waals surface area contributed by atoms with Crippen LogP contribution in [-0.2, 0) is 6.42 Å². The van der Waals surface area contributed by atoms with Gasteiger partial charge in [-0.05, 0) is 75.4 Å². The van der Waals surface area contributed by atoms with Crippen molar-refractivity contribution in [3.05, 3.63) is 49.0 Å². The highest BCUT2D eigenvalue weighted by Gasteiger charge is 2.33. The Labute approximate surface area is 185 Å². The first-order chi connectivity index (χ1) is 13.3. The van der Waals surface area contributed by atoms with Gasteiger partial charge in [-0.2, -0.15) is 0 Å². The smallest absolute Gasteiger partial charge is 0.261 e. The maximum atomic E-state index is 13.9. The summed E-state index contributed by atoms with van der Waals surface area (Å²) in [5.74, 6) is 0.722. The van der Waals surface area contributed by atoms with Gasteiger partial charge in [-0.25, -0.2) is 4.39 Å². The summed E-state index contributed by atoms with van der Waals surface area (Å²) in [6.45, 7) is 4.73. The molecule has 0 spiro atoms. The van der Waals surface area contributed by atoms with Crippen molar-refractivity contribution in [2.24, 2.45) is 0 Å². The van der Waals surface area contributed by atoms with Gasteiger partial charge in [0.05, 0.1) is 9.35 Å². The summed E-state index contributed by atoms with van der Waals surface area (Å²) in [7, 11) is 0. The van der Waals surface area contributed by atoms with Crippen LogP contribution in [0.5, 0.6) is 5.75 Å². The van der Waals surface area contributed by atoms with Crippen molar-refractivity contribution in [1.29, 1.82) is 0 Å². The average molecular weight is 534 g/mol. The fourth-order valence-corrected chi connectivity index (χ4v) is 5.03. The third kappa shape index (κ3) is 6.27. The highest BCUT2D eigenvalue weighted by atomic mass is 79.9. The number of thiophene rings is 1. The number of likely N-dealkylation sites (tertiary alicyclic amines) is 1. The van der Waals surface area contributed by atoms with E-state index in [-0.39, 0.29) is 5.91 Å². The first kappa shape index (κ1) is 21.7. The van der Waals surface area contributed by atoms with Crippen LogP contribution in [-0.4, -0.2) is 49.3 Å². The molecule has 2 aromatic rings. The molecular formula is C20H23Br2FN2O2S. The molecule has 28 heavy (non-hydrogen) atoms. The molecule has 3 rings (SSSR count). The molecule has 1 saturated heterocycles. The summed E-state index contributed by atoms with van der Waals surface area (Å²) in [5, 5.41) is 4.83. The van der Waals surface area contributed by atoms with Crippen LogP contribution in [0.15, 0.2) is 38.6 Å². The van der Waals surface area contributed by atoms with Gasteiger partial charge in [-0.1, -0.05) is 6.07 Å².